The maximum Gasteiger partial charge on any atom is 0.174 e. The Kier molecular flexibility index (Phi) is 2.27. The maximum atomic E-state index is 4.23. The summed E-state index contributed by atoms with van der Waals surface area (Å²) in [6.07, 6.45) is 0. The summed E-state index contributed by atoms with van der Waals surface area (Å²) in [5.41, 5.74) is 2.20. The second kappa shape index (κ2) is 3.44. The quantitative estimate of drug-likeness (QED) is 0.666. The van der Waals surface area contributed by atoms with Crippen molar-refractivity contribution in [3.63, 3.8) is 0 Å². The molecule has 0 spiro atoms. The molecule has 1 aromatic rings. The van der Waals surface area contributed by atoms with Crippen LogP contribution in [0.15, 0.2) is 6.07 Å². The van der Waals surface area contributed by atoms with Crippen LogP contribution in [0.25, 0.3) is 0 Å². The number of fused-ring (bicyclic) bond motifs is 1. The summed E-state index contributed by atoms with van der Waals surface area (Å²) in [6.45, 7) is 7.29. The van der Waals surface area contributed by atoms with Crippen molar-refractivity contribution in [1.29, 1.82) is 0 Å². The third-order valence-electron chi connectivity index (χ3n) is 2.67. The molecule has 76 valence electrons. The highest BCUT2D eigenvalue weighted by atomic mass is 15.3. The molecule has 0 saturated carbocycles. The van der Waals surface area contributed by atoms with Gasteiger partial charge in [0.15, 0.2) is 5.82 Å². The van der Waals surface area contributed by atoms with Crippen molar-refractivity contribution in [1.82, 2.24) is 10.2 Å². The van der Waals surface area contributed by atoms with Gasteiger partial charge in [-0.1, -0.05) is 0 Å². The van der Waals surface area contributed by atoms with Gasteiger partial charge in [0, 0.05) is 26.7 Å². The molecule has 1 aliphatic heterocycles. The van der Waals surface area contributed by atoms with Gasteiger partial charge in [-0.15, -0.1) is 5.10 Å². The second-order valence-electron chi connectivity index (χ2n) is 3.70. The molecular weight excluding hydrogens is 176 g/mol. The molecule has 1 aliphatic rings. The lowest BCUT2D eigenvalue weighted by Gasteiger charge is -2.34. The Morgan fingerprint density at radius 2 is 2.14 bits per heavy atom. The standard InChI is InChI=1S/C10H16N4/c1-4-14-6-5-13(3)10-9(14)7-8(2)11-12-10/h7H,4-6H2,1-3H3. The number of nitrogens with zero attached hydrogens (tertiary/aromatic N) is 4. The Bertz CT molecular complexity index is 337. The molecule has 0 aromatic carbocycles. The molecule has 0 saturated heterocycles. The maximum absolute atomic E-state index is 4.23. The summed E-state index contributed by atoms with van der Waals surface area (Å²) < 4.78 is 0. The van der Waals surface area contributed by atoms with E-state index in [0.29, 0.717) is 0 Å². The summed E-state index contributed by atoms with van der Waals surface area (Å²) in [6, 6.07) is 2.11. The molecule has 0 fully saturated rings. The summed E-state index contributed by atoms with van der Waals surface area (Å²) in [4.78, 5) is 4.50. The molecule has 0 N–H and O–H groups in total. The number of likely N-dealkylation sites (N-methyl/N-ethyl adjacent to an activating group) is 2. The number of hydrogen-bond acceptors (Lipinski definition) is 4. The monoisotopic (exact) mass is 192 g/mol. The third kappa shape index (κ3) is 1.41. The van der Waals surface area contributed by atoms with Gasteiger partial charge >= 0.3 is 0 Å². The SMILES string of the molecule is CCN1CCN(C)c2nnc(C)cc21. The van der Waals surface area contributed by atoms with Gasteiger partial charge < -0.3 is 9.80 Å². The lowest BCUT2D eigenvalue weighted by Crippen LogP contribution is -2.39. The van der Waals surface area contributed by atoms with Gasteiger partial charge in [0.25, 0.3) is 0 Å². The predicted octanol–water partition coefficient (Wildman–Crippen LogP) is 1.06. The van der Waals surface area contributed by atoms with E-state index in [1.807, 2.05) is 6.92 Å². The van der Waals surface area contributed by atoms with Crippen LogP contribution >= 0.6 is 0 Å². The Hall–Kier alpha value is -1.32. The number of rotatable bonds is 1. The molecule has 0 amide bonds. The fourth-order valence-electron chi connectivity index (χ4n) is 1.80. The molecule has 4 nitrogen and oxygen atoms in total. The summed E-state index contributed by atoms with van der Waals surface area (Å²) in [7, 11) is 2.07. The highest BCUT2D eigenvalue weighted by molar-refractivity contribution is 5.68. The summed E-state index contributed by atoms with van der Waals surface area (Å²) >= 11 is 0. The van der Waals surface area contributed by atoms with Crippen LogP contribution in [0, 0.1) is 6.92 Å². The Labute approximate surface area is 84.5 Å². The fourth-order valence-corrected chi connectivity index (χ4v) is 1.80. The van der Waals surface area contributed by atoms with Gasteiger partial charge in [0.1, 0.15) is 0 Å². The largest absolute Gasteiger partial charge is 0.367 e. The van der Waals surface area contributed by atoms with Gasteiger partial charge in [0.2, 0.25) is 0 Å². The van der Waals surface area contributed by atoms with E-state index in [1.165, 1.54) is 5.69 Å². The van der Waals surface area contributed by atoms with E-state index in [2.05, 4.69) is 40.0 Å². The van der Waals surface area contributed by atoms with Crippen LogP contribution in [-0.2, 0) is 0 Å². The molecule has 14 heavy (non-hydrogen) atoms. The van der Waals surface area contributed by atoms with Gasteiger partial charge in [-0.05, 0) is 19.9 Å². The van der Waals surface area contributed by atoms with Crippen LogP contribution < -0.4 is 9.80 Å². The average molecular weight is 192 g/mol. The van der Waals surface area contributed by atoms with Crippen molar-refractivity contribution >= 4 is 11.5 Å². The first-order valence-corrected chi connectivity index (χ1v) is 5.02. The van der Waals surface area contributed by atoms with Crippen molar-refractivity contribution in [2.24, 2.45) is 0 Å². The number of hydrogen-bond donors (Lipinski definition) is 0. The predicted molar refractivity (Wildman–Crippen MR) is 57.9 cm³/mol. The van der Waals surface area contributed by atoms with Crippen molar-refractivity contribution in [3.05, 3.63) is 11.8 Å². The number of aromatic nitrogens is 2. The highest BCUT2D eigenvalue weighted by Gasteiger charge is 2.20. The molecule has 2 rings (SSSR count). The second-order valence-corrected chi connectivity index (χ2v) is 3.70. The zero-order chi connectivity index (χ0) is 10.1. The zero-order valence-electron chi connectivity index (χ0n) is 8.99. The third-order valence-corrected chi connectivity index (χ3v) is 2.67. The first-order valence-electron chi connectivity index (χ1n) is 5.02. The fraction of sp³-hybridized carbons (Fsp3) is 0.600. The number of aryl methyl sites for hydroxylation is 1. The smallest absolute Gasteiger partial charge is 0.174 e. The van der Waals surface area contributed by atoms with Gasteiger partial charge in [-0.25, -0.2) is 0 Å². The molecule has 0 radical (unpaired) electrons. The lowest BCUT2D eigenvalue weighted by molar-refractivity contribution is 0.729. The van der Waals surface area contributed by atoms with E-state index in [9.17, 15) is 0 Å². The van der Waals surface area contributed by atoms with Crippen molar-refractivity contribution in [2.45, 2.75) is 13.8 Å². The van der Waals surface area contributed by atoms with Crippen LogP contribution in [0.1, 0.15) is 12.6 Å². The summed E-state index contributed by atoms with van der Waals surface area (Å²) in [5, 5.41) is 8.33. The van der Waals surface area contributed by atoms with Crippen LogP contribution in [0.3, 0.4) is 0 Å². The van der Waals surface area contributed by atoms with Crippen LogP contribution in [0.5, 0.6) is 0 Å². The van der Waals surface area contributed by atoms with E-state index in [1.54, 1.807) is 0 Å². The Morgan fingerprint density at radius 1 is 1.36 bits per heavy atom. The molecule has 2 heterocycles. The van der Waals surface area contributed by atoms with E-state index < -0.39 is 0 Å². The minimum atomic E-state index is 0.984. The molecule has 1 aromatic heterocycles. The van der Waals surface area contributed by atoms with Gasteiger partial charge in [0.05, 0.1) is 11.4 Å². The van der Waals surface area contributed by atoms with Gasteiger partial charge in [-0.2, -0.15) is 5.10 Å². The van der Waals surface area contributed by atoms with Crippen molar-refractivity contribution in [2.75, 3.05) is 36.5 Å². The minimum Gasteiger partial charge on any atom is -0.367 e. The molecule has 4 heteroatoms. The van der Waals surface area contributed by atoms with Gasteiger partial charge in [-0.3, -0.25) is 0 Å². The van der Waals surface area contributed by atoms with E-state index in [-0.39, 0.29) is 0 Å². The zero-order valence-corrected chi connectivity index (χ0v) is 8.99. The first kappa shape index (κ1) is 9.24. The Morgan fingerprint density at radius 3 is 2.86 bits per heavy atom. The Balaban J connectivity index is 2.46. The van der Waals surface area contributed by atoms with E-state index in [0.717, 1.165) is 31.1 Å². The summed E-state index contributed by atoms with van der Waals surface area (Å²) in [5.74, 6) is 1.00. The van der Waals surface area contributed by atoms with Crippen LogP contribution in [0.4, 0.5) is 11.5 Å². The highest BCUT2D eigenvalue weighted by Crippen LogP contribution is 2.29. The average Bonchev–Trinajstić information content (AvgIpc) is 2.18. The minimum absolute atomic E-state index is 0.984. The lowest BCUT2D eigenvalue weighted by atomic mass is 10.2. The molecular formula is C10H16N4. The van der Waals surface area contributed by atoms with Crippen molar-refractivity contribution < 1.29 is 0 Å². The molecule has 0 atom stereocenters. The molecule has 0 bridgehead atoms. The van der Waals surface area contributed by atoms with E-state index in [4.69, 9.17) is 0 Å². The van der Waals surface area contributed by atoms with E-state index >= 15 is 0 Å². The van der Waals surface area contributed by atoms with Crippen LogP contribution in [0.2, 0.25) is 0 Å². The molecule has 0 unspecified atom stereocenters. The molecule has 0 aliphatic carbocycles. The van der Waals surface area contributed by atoms with Crippen molar-refractivity contribution in [3.8, 4) is 0 Å². The number of anilines is 2. The van der Waals surface area contributed by atoms with Crippen LogP contribution in [-0.4, -0.2) is 36.9 Å². The topological polar surface area (TPSA) is 32.3 Å². The first-order chi connectivity index (χ1) is 6.72. The normalized spacial score (nSPS) is 15.6.